The number of terminal acetylenes is 1. The van der Waals surface area contributed by atoms with Crippen LogP contribution >= 0.6 is 11.3 Å². The lowest BCUT2D eigenvalue weighted by Gasteiger charge is -2.13. The molecular formula is C146H31N3S. The summed E-state index contributed by atoms with van der Waals surface area (Å²) >= 11 is 1.86. The third-order valence-electron chi connectivity index (χ3n) is 15.7. The summed E-state index contributed by atoms with van der Waals surface area (Å²) in [5, 5.41) is 10.1. The van der Waals surface area contributed by atoms with Crippen LogP contribution < -0.4 is 0 Å². The summed E-state index contributed by atoms with van der Waals surface area (Å²) < 4.78 is 2.62. The van der Waals surface area contributed by atoms with Crippen molar-refractivity contribution in [1.29, 1.82) is 0 Å². The monoisotopic (exact) mass is 1860 g/mol. The van der Waals surface area contributed by atoms with Crippen LogP contribution in [0.3, 0.4) is 0 Å². The molecule has 2 aromatic heterocycles. The van der Waals surface area contributed by atoms with E-state index in [4.69, 9.17) is 21.4 Å². The molecule has 0 unspecified atom stereocenters. The summed E-state index contributed by atoms with van der Waals surface area (Å²) in [5.41, 5.74) is 5.14. The van der Waals surface area contributed by atoms with Crippen LogP contribution in [0.2, 0.25) is 0 Å². The molecule has 0 saturated heterocycles. The maximum absolute atomic E-state index is 5.13. The molecule has 0 spiro atoms. The minimum atomic E-state index is 0.650. The zero-order valence-electron chi connectivity index (χ0n) is 77.4. The van der Waals surface area contributed by atoms with Crippen molar-refractivity contribution in [2.45, 2.75) is 6.92 Å². The third-order valence-corrected chi connectivity index (χ3v) is 16.8. The quantitative estimate of drug-likeness (QED) is 0.130. The Kier molecular flexibility index (Phi) is 50.2. The van der Waals surface area contributed by atoms with Crippen molar-refractivity contribution < 1.29 is 0 Å². The topological polar surface area (TPSA) is 38.7 Å². The molecule has 10 rings (SSSR count). The van der Waals surface area contributed by atoms with Gasteiger partial charge in [-0.05, 0) is 175 Å². The predicted molar refractivity (Wildman–Crippen MR) is 603 cm³/mol. The zero-order valence-corrected chi connectivity index (χ0v) is 78.2. The Morgan fingerprint density at radius 3 is 0.613 bits per heavy atom. The second-order valence-electron chi connectivity index (χ2n) is 24.9. The van der Waals surface area contributed by atoms with E-state index >= 15 is 0 Å². The van der Waals surface area contributed by atoms with E-state index in [0.717, 1.165) is 27.8 Å². The van der Waals surface area contributed by atoms with Crippen molar-refractivity contribution in [3.05, 3.63) is 164 Å². The Morgan fingerprint density at radius 2 is 0.340 bits per heavy atom. The van der Waals surface area contributed by atoms with E-state index in [0.29, 0.717) is 17.5 Å². The van der Waals surface area contributed by atoms with Crippen LogP contribution in [0, 0.1) is 593 Å². The average molecular weight is 1860 g/mol. The number of hydrogen-bond donors (Lipinski definition) is 0. The van der Waals surface area contributed by atoms with Gasteiger partial charge in [0.2, 0.25) is 0 Å². The first-order valence-electron chi connectivity index (χ1n) is 41.7. The Hall–Kier alpha value is -28.2. The van der Waals surface area contributed by atoms with Gasteiger partial charge in [-0.2, -0.15) is 0 Å². The van der Waals surface area contributed by atoms with Crippen molar-refractivity contribution in [2.75, 3.05) is 0 Å². The van der Waals surface area contributed by atoms with Gasteiger partial charge in [0.25, 0.3) is 0 Å². The first-order chi connectivity index (χ1) is 74.7. The summed E-state index contributed by atoms with van der Waals surface area (Å²) in [6, 6.07) is 58.0. The number of nitrogens with zero attached hydrogens (tertiary/aromatic N) is 3. The summed E-state index contributed by atoms with van der Waals surface area (Å²) in [4.78, 5) is 15.2. The molecule has 0 atom stereocenters. The number of hydrogen-bond acceptors (Lipinski definition) is 4. The van der Waals surface area contributed by atoms with Gasteiger partial charge in [0.1, 0.15) is 0 Å². The molecule has 8 aromatic carbocycles. The van der Waals surface area contributed by atoms with Gasteiger partial charge >= 0.3 is 0 Å². The molecule has 0 aliphatic rings. The van der Waals surface area contributed by atoms with Gasteiger partial charge in [-0.15, -0.1) is 17.8 Å². The van der Waals surface area contributed by atoms with Crippen molar-refractivity contribution >= 4 is 63.8 Å². The van der Waals surface area contributed by atoms with Crippen molar-refractivity contribution in [2.24, 2.45) is 0 Å². The molecular weight excluding hydrogens is 1830 g/mol. The molecule has 0 saturated carbocycles. The van der Waals surface area contributed by atoms with Crippen LogP contribution in [0.15, 0.2) is 164 Å². The highest BCUT2D eigenvalue weighted by Crippen LogP contribution is 2.43. The molecule has 0 fully saturated rings. The minimum absolute atomic E-state index is 0.650. The average Bonchev–Trinajstić information content (AvgIpc) is 1.16. The van der Waals surface area contributed by atoms with Gasteiger partial charge in [0, 0.05) is 522 Å². The molecule has 3 nitrogen and oxygen atoms in total. The lowest BCUT2D eigenvalue weighted by atomic mass is 9.92. The van der Waals surface area contributed by atoms with Crippen LogP contribution in [0.5, 0.6) is 0 Å². The summed E-state index contributed by atoms with van der Waals surface area (Å²) in [7, 11) is 0. The SMILES string of the molecule is C#CC#CC#CC#CC#CC#CC#CC#CC#CC#CC#CC#CC#CC#CC#CC#CC#CC#CC#CC#CC#CC#CC#CC#CC#CC#CC#CC#CC#CC#CC#CC#CC#CC#CC#CC#CC#CC#CC#CC#CC#CC#CC#CC#CC#CC#CC#CC#CC#CC#CC.c1ccc(-c2cccc(-c3nc(-c4ccccc4)nc(-c4ccc5c(c4)c4ccccc4c4cc6c(cc54)sc4ccccc46)n3)c2)cc1. The fourth-order valence-corrected chi connectivity index (χ4v) is 11.3. The standard InChI is InChI=1S/C101H4.C45H27N3S/c1-3-5-7-9-11-13-15-17-19-21-23-25-27-29-31-33-35-37-39-41-43-45-47-49-51-53-55-57-59-61-63-65-67-69-71-73-75-77-79-81-83-85-87-89-91-93-95-97-99-101-100-98-96-94-92-90-88-86-84-82-80-78-76-74-72-70-68-66-64-62-60-58-56-54-52-50-48-46-44-42-40-38-36-34-32-30-28-26-24-22-20-18-16-14-12-10-8-6-4-2;1-3-12-28(13-4-1)30-16-11-17-31(24-30)44-46-43(29-14-5-2-6-15-29)47-45(48-44)32-22-23-35-37(25-32)33-18-7-8-19-34(33)38-26-40-36-20-9-10-21-41(36)49-42(40)27-39(35)38/h1H,2H3;1-27H. The summed E-state index contributed by atoms with van der Waals surface area (Å²) in [6.07, 6.45) is 4.95. The van der Waals surface area contributed by atoms with Gasteiger partial charge < -0.3 is 0 Å². The van der Waals surface area contributed by atoms with Crippen molar-refractivity contribution in [3.8, 4) is 638 Å². The molecule has 636 valence electrons. The zero-order chi connectivity index (χ0) is 104. The van der Waals surface area contributed by atoms with Gasteiger partial charge in [-0.1, -0.05) is 139 Å². The molecule has 0 N–H and O–H groups in total. The van der Waals surface area contributed by atoms with E-state index in [-0.39, 0.29) is 0 Å². The summed E-state index contributed by atoms with van der Waals surface area (Å²) in [6.45, 7) is 1.68. The van der Waals surface area contributed by atoms with Crippen LogP contribution in [0.4, 0.5) is 0 Å². The number of benzene rings is 8. The number of aromatic nitrogens is 3. The predicted octanol–water partition coefficient (Wildman–Crippen LogP) is 13.2. The highest BCUT2D eigenvalue weighted by Gasteiger charge is 2.17. The summed E-state index contributed by atoms with van der Waals surface area (Å²) in [5.74, 6) is 249. The van der Waals surface area contributed by atoms with E-state index in [2.05, 4.69) is 726 Å². The van der Waals surface area contributed by atoms with E-state index < -0.39 is 0 Å². The first kappa shape index (κ1) is 105. The Labute approximate surface area is 880 Å². The van der Waals surface area contributed by atoms with Crippen molar-refractivity contribution in [1.82, 2.24) is 15.0 Å². The van der Waals surface area contributed by atoms with Gasteiger partial charge in [0.15, 0.2) is 17.5 Å². The smallest absolute Gasteiger partial charge is 0.164 e. The lowest BCUT2D eigenvalue weighted by Crippen LogP contribution is -2.00. The van der Waals surface area contributed by atoms with E-state index in [1.165, 1.54) is 52.5 Å². The Bertz CT molecular complexity index is 11200. The normalized spacial score (nSPS) is 6.48. The highest BCUT2D eigenvalue weighted by molar-refractivity contribution is 7.25. The molecule has 0 amide bonds. The van der Waals surface area contributed by atoms with Crippen LogP contribution in [0.25, 0.3) is 97.8 Å². The van der Waals surface area contributed by atoms with Gasteiger partial charge in [-0.3, -0.25) is 0 Å². The third kappa shape index (κ3) is 44.5. The molecule has 0 bridgehead atoms. The minimum Gasteiger partial charge on any atom is -0.208 e. The Morgan fingerprint density at radius 1 is 0.140 bits per heavy atom. The molecule has 0 radical (unpaired) electrons. The second kappa shape index (κ2) is 71.4. The molecule has 0 aliphatic heterocycles. The first-order valence-corrected chi connectivity index (χ1v) is 42.5. The van der Waals surface area contributed by atoms with E-state index in [1.807, 2.05) is 35.6 Å². The highest BCUT2D eigenvalue weighted by atomic mass is 32.1. The fourth-order valence-electron chi connectivity index (χ4n) is 10.2. The molecule has 150 heavy (non-hydrogen) atoms. The van der Waals surface area contributed by atoms with E-state index in [1.54, 1.807) is 6.92 Å². The molecule has 2 heterocycles. The lowest BCUT2D eigenvalue weighted by molar-refractivity contribution is 1.07. The van der Waals surface area contributed by atoms with Crippen LogP contribution in [-0.2, 0) is 0 Å². The molecule has 0 aliphatic carbocycles. The van der Waals surface area contributed by atoms with E-state index in [9.17, 15) is 0 Å². The fraction of sp³-hybridized carbons (Fsp3) is 0.00685. The largest absolute Gasteiger partial charge is 0.208 e. The van der Waals surface area contributed by atoms with Crippen molar-refractivity contribution in [3.63, 3.8) is 0 Å². The van der Waals surface area contributed by atoms with Gasteiger partial charge in [0.05, 0.1) is 0 Å². The number of thiophene rings is 1. The maximum atomic E-state index is 5.13. The van der Waals surface area contributed by atoms with Crippen LogP contribution in [-0.4, -0.2) is 15.0 Å². The Balaban J connectivity index is 0.000000413. The maximum Gasteiger partial charge on any atom is 0.164 e. The molecule has 10 aromatic rings. The number of fused-ring (bicyclic) bond motifs is 9. The molecule has 4 heteroatoms. The second-order valence-corrected chi connectivity index (χ2v) is 26.0. The van der Waals surface area contributed by atoms with Crippen LogP contribution in [0.1, 0.15) is 6.92 Å². The number of rotatable bonds is 4. The van der Waals surface area contributed by atoms with Gasteiger partial charge in [-0.25, -0.2) is 15.0 Å².